The molecule has 0 aromatic heterocycles. The van der Waals surface area contributed by atoms with Gasteiger partial charge in [-0.2, -0.15) is 8.42 Å². The Bertz CT molecular complexity index is 1320. The Morgan fingerprint density at radius 3 is 2.43 bits per heavy atom. The van der Waals surface area contributed by atoms with E-state index in [0.717, 1.165) is 33.4 Å². The number of rotatable bonds is 14. The van der Waals surface area contributed by atoms with E-state index < -0.39 is 16.1 Å². The van der Waals surface area contributed by atoms with E-state index in [1.54, 1.807) is 0 Å². The largest absolute Gasteiger partial charge is 0.481 e. The van der Waals surface area contributed by atoms with Crippen molar-refractivity contribution in [1.29, 1.82) is 0 Å². The van der Waals surface area contributed by atoms with Crippen LogP contribution in [0.3, 0.4) is 0 Å². The molecule has 0 bridgehead atoms. The van der Waals surface area contributed by atoms with Crippen LogP contribution in [0.5, 0.6) is 0 Å². The van der Waals surface area contributed by atoms with Crippen molar-refractivity contribution >= 4 is 38.3 Å². The number of hydrogen-bond acceptors (Lipinski definition) is 5. The molecule has 8 heteroatoms. The van der Waals surface area contributed by atoms with Gasteiger partial charge in [-0.15, -0.1) is 0 Å². The van der Waals surface area contributed by atoms with Gasteiger partial charge in [0.25, 0.3) is 10.1 Å². The zero-order valence-corrected chi connectivity index (χ0v) is 22.5. The van der Waals surface area contributed by atoms with Crippen LogP contribution in [-0.2, 0) is 14.9 Å². The van der Waals surface area contributed by atoms with Crippen molar-refractivity contribution in [3.8, 4) is 0 Å². The molecule has 0 radical (unpaired) electrons. The normalized spacial score (nSPS) is 13.4. The second-order valence-corrected chi connectivity index (χ2v) is 10.3. The molecule has 0 spiro atoms. The zero-order chi connectivity index (χ0) is 27.3. The van der Waals surface area contributed by atoms with Crippen LogP contribution in [0.1, 0.15) is 38.7 Å². The predicted octanol–water partition coefficient (Wildman–Crippen LogP) is 6.13. The molecule has 0 saturated carbocycles. The van der Waals surface area contributed by atoms with Gasteiger partial charge in [-0.3, -0.25) is 14.3 Å². The van der Waals surface area contributed by atoms with Crippen LogP contribution in [0.2, 0.25) is 0 Å². The quantitative estimate of drug-likeness (QED) is 0.133. The number of hydrogen-bond donors (Lipinski definition) is 2. The van der Waals surface area contributed by atoms with E-state index in [-0.39, 0.29) is 12.2 Å². The van der Waals surface area contributed by atoms with Gasteiger partial charge in [0.05, 0.1) is 12.2 Å². The number of carbonyl (C=O) groups is 1. The van der Waals surface area contributed by atoms with Crippen molar-refractivity contribution in [3.63, 3.8) is 0 Å². The van der Waals surface area contributed by atoms with Crippen molar-refractivity contribution in [2.24, 2.45) is 4.99 Å². The summed E-state index contributed by atoms with van der Waals surface area (Å²) in [6.07, 6.45) is 14.3. The second kappa shape index (κ2) is 14.9. The summed E-state index contributed by atoms with van der Waals surface area (Å²) in [6.45, 7) is 6.79. The number of aliphatic carboxylic acids is 1. The van der Waals surface area contributed by atoms with Gasteiger partial charge in [0.1, 0.15) is 0 Å². The maximum absolute atomic E-state index is 11.3. The lowest BCUT2D eigenvalue weighted by molar-refractivity contribution is -0.136. The monoisotopic (exact) mass is 524 g/mol. The van der Waals surface area contributed by atoms with Crippen LogP contribution in [0.4, 0.5) is 5.69 Å². The molecule has 37 heavy (non-hydrogen) atoms. The third-order valence-corrected chi connectivity index (χ3v) is 6.53. The van der Waals surface area contributed by atoms with Gasteiger partial charge in [-0.05, 0) is 68.2 Å². The van der Waals surface area contributed by atoms with E-state index in [4.69, 9.17) is 4.55 Å². The minimum Gasteiger partial charge on any atom is -0.481 e. The fourth-order valence-electron chi connectivity index (χ4n) is 3.78. The summed E-state index contributed by atoms with van der Waals surface area (Å²) in [7, 11) is -3.90. The Morgan fingerprint density at radius 2 is 1.70 bits per heavy atom. The summed E-state index contributed by atoms with van der Waals surface area (Å²) in [5.74, 6) is -1.07. The number of aryl methyl sites for hydroxylation is 1. The molecule has 7 nitrogen and oxygen atoms in total. The SMILES string of the molecule is CC(/C=C/C=C/C=C/C=C(\C)N(CCC(=O)O)c1ccc2ccccc2c1C)=NCCCCS(=O)(=O)O. The second-order valence-electron chi connectivity index (χ2n) is 8.68. The summed E-state index contributed by atoms with van der Waals surface area (Å²) in [6, 6.07) is 12.3. The first-order chi connectivity index (χ1) is 17.6. The first-order valence-electron chi connectivity index (χ1n) is 12.2. The maximum Gasteiger partial charge on any atom is 0.305 e. The molecule has 0 aliphatic carbocycles. The Morgan fingerprint density at radius 1 is 1.00 bits per heavy atom. The van der Waals surface area contributed by atoms with Gasteiger partial charge in [0.2, 0.25) is 0 Å². The van der Waals surface area contributed by atoms with Crippen LogP contribution in [0.25, 0.3) is 10.8 Å². The molecule has 0 atom stereocenters. The maximum atomic E-state index is 11.3. The summed E-state index contributed by atoms with van der Waals surface area (Å²) in [4.78, 5) is 17.7. The predicted molar refractivity (Wildman–Crippen MR) is 153 cm³/mol. The van der Waals surface area contributed by atoms with E-state index in [0.29, 0.717) is 25.9 Å². The Hall–Kier alpha value is -3.49. The minimum atomic E-state index is -3.90. The smallest absolute Gasteiger partial charge is 0.305 e. The summed E-state index contributed by atoms with van der Waals surface area (Å²) in [5, 5.41) is 11.6. The van der Waals surface area contributed by atoms with E-state index in [2.05, 4.69) is 30.1 Å². The van der Waals surface area contributed by atoms with Crippen LogP contribution in [-0.4, -0.2) is 48.6 Å². The molecule has 0 fully saturated rings. The molecular formula is C29H36N2O5S. The number of allylic oxidation sites excluding steroid dienone is 8. The van der Waals surface area contributed by atoms with Crippen molar-refractivity contribution < 1.29 is 22.9 Å². The Kier molecular flexibility index (Phi) is 12.0. The van der Waals surface area contributed by atoms with Crippen molar-refractivity contribution in [3.05, 3.63) is 90.2 Å². The number of anilines is 1. The number of unbranched alkanes of at least 4 members (excludes halogenated alkanes) is 1. The third kappa shape index (κ3) is 11.0. The van der Waals surface area contributed by atoms with Crippen LogP contribution in [0, 0.1) is 6.92 Å². The number of benzene rings is 2. The average molecular weight is 525 g/mol. The van der Waals surface area contributed by atoms with Gasteiger partial charge in [0.15, 0.2) is 0 Å². The molecule has 0 heterocycles. The van der Waals surface area contributed by atoms with Crippen molar-refractivity contribution in [2.45, 2.75) is 40.0 Å². The molecule has 2 N–H and O–H groups in total. The first kappa shape index (κ1) is 29.7. The van der Waals surface area contributed by atoms with Gasteiger partial charge in [-0.1, -0.05) is 60.7 Å². The van der Waals surface area contributed by atoms with Gasteiger partial charge < -0.3 is 10.0 Å². The molecule has 2 aromatic rings. The molecule has 0 amide bonds. The molecule has 198 valence electrons. The molecule has 0 aliphatic rings. The number of carboxylic acid groups (broad SMARTS) is 1. The van der Waals surface area contributed by atoms with Crippen LogP contribution >= 0.6 is 0 Å². The lowest BCUT2D eigenvalue weighted by Gasteiger charge is -2.27. The first-order valence-corrected chi connectivity index (χ1v) is 13.8. The summed E-state index contributed by atoms with van der Waals surface area (Å²) in [5.41, 5.74) is 3.88. The Labute approximate surface area is 220 Å². The van der Waals surface area contributed by atoms with E-state index >= 15 is 0 Å². The van der Waals surface area contributed by atoms with E-state index in [1.165, 1.54) is 0 Å². The number of fused-ring (bicyclic) bond motifs is 1. The topological polar surface area (TPSA) is 107 Å². The van der Waals surface area contributed by atoms with Gasteiger partial charge in [0, 0.05) is 30.2 Å². The number of aliphatic imine (C=N–C) groups is 1. The van der Waals surface area contributed by atoms with Gasteiger partial charge >= 0.3 is 5.97 Å². The number of carboxylic acids is 1. The molecule has 2 aromatic carbocycles. The fraction of sp³-hybridized carbons (Fsp3) is 0.310. The molecule has 0 saturated heterocycles. The standard InChI is InChI=1S/C29H36N2O5S/c1-23(30-20-11-12-22-37(34,35)36)13-7-5-4-6-8-14-24(2)31(21-19-29(32)33)28-18-17-26-15-9-10-16-27(26)25(28)3/h4-10,13-18H,11-12,19-22H2,1-3H3,(H,32,33)(H,34,35,36)/b5-4+,8-6+,13-7+,24-14+,30-23?. The number of nitrogens with zero attached hydrogens (tertiary/aromatic N) is 2. The minimum absolute atomic E-state index is 0.0350. The zero-order valence-electron chi connectivity index (χ0n) is 21.7. The molecule has 0 unspecified atom stereocenters. The van der Waals surface area contributed by atoms with E-state index in [1.807, 2.05) is 79.5 Å². The molecule has 2 rings (SSSR count). The highest BCUT2D eigenvalue weighted by molar-refractivity contribution is 7.85. The van der Waals surface area contributed by atoms with Gasteiger partial charge in [-0.25, -0.2) is 0 Å². The highest BCUT2D eigenvalue weighted by atomic mass is 32.2. The van der Waals surface area contributed by atoms with Crippen molar-refractivity contribution in [1.82, 2.24) is 0 Å². The Balaban J connectivity index is 2.01. The van der Waals surface area contributed by atoms with Crippen molar-refractivity contribution in [2.75, 3.05) is 23.7 Å². The summed E-state index contributed by atoms with van der Waals surface area (Å²) < 4.78 is 30.1. The lowest BCUT2D eigenvalue weighted by Crippen LogP contribution is -2.25. The fourth-order valence-corrected chi connectivity index (χ4v) is 4.35. The third-order valence-electron chi connectivity index (χ3n) is 5.73. The highest BCUT2D eigenvalue weighted by Gasteiger charge is 2.14. The van der Waals surface area contributed by atoms with Crippen LogP contribution < -0.4 is 4.90 Å². The highest BCUT2D eigenvalue weighted by Crippen LogP contribution is 2.30. The molecule has 0 aliphatic heterocycles. The summed E-state index contributed by atoms with van der Waals surface area (Å²) >= 11 is 0. The average Bonchev–Trinajstić information content (AvgIpc) is 2.83. The lowest BCUT2D eigenvalue weighted by atomic mass is 10.0. The van der Waals surface area contributed by atoms with E-state index in [9.17, 15) is 18.3 Å². The van der Waals surface area contributed by atoms with Crippen LogP contribution in [0.15, 0.2) is 89.6 Å². The molecular weight excluding hydrogens is 488 g/mol.